The Bertz CT molecular complexity index is 1090. The molecule has 1 aliphatic heterocycles. The van der Waals surface area contributed by atoms with Crippen LogP contribution in [0.3, 0.4) is 0 Å². The highest BCUT2D eigenvalue weighted by molar-refractivity contribution is 5.91. The van der Waals surface area contributed by atoms with Crippen molar-refractivity contribution in [3.05, 3.63) is 59.7 Å². The molecule has 9 nitrogen and oxygen atoms in total. The smallest absolute Gasteiger partial charge is 0.407 e. The lowest BCUT2D eigenvalue weighted by molar-refractivity contribution is -0.159. The number of carboxylic acid groups (broad SMARTS) is 1. The van der Waals surface area contributed by atoms with Gasteiger partial charge in [-0.3, -0.25) is 9.59 Å². The van der Waals surface area contributed by atoms with Crippen LogP contribution < -0.4 is 5.32 Å². The molecule has 34 heavy (non-hydrogen) atoms. The number of rotatable bonds is 6. The van der Waals surface area contributed by atoms with Crippen molar-refractivity contribution >= 4 is 23.9 Å². The number of benzene rings is 2. The maximum atomic E-state index is 12.7. The van der Waals surface area contributed by atoms with Gasteiger partial charge in [-0.1, -0.05) is 48.5 Å². The van der Waals surface area contributed by atoms with E-state index in [1.165, 1.54) is 11.9 Å². The summed E-state index contributed by atoms with van der Waals surface area (Å²) in [4.78, 5) is 51.0. The van der Waals surface area contributed by atoms with Crippen molar-refractivity contribution in [3.8, 4) is 11.1 Å². The van der Waals surface area contributed by atoms with Crippen molar-refractivity contribution in [3.63, 3.8) is 0 Å². The van der Waals surface area contributed by atoms with Gasteiger partial charge in [0.2, 0.25) is 11.8 Å². The van der Waals surface area contributed by atoms with Crippen molar-refractivity contribution in [2.24, 2.45) is 0 Å². The normalized spacial score (nSPS) is 18.2. The fourth-order valence-corrected chi connectivity index (χ4v) is 4.58. The van der Waals surface area contributed by atoms with Gasteiger partial charge in [-0.05, 0) is 29.2 Å². The number of aliphatic carboxylic acids is 1. The van der Waals surface area contributed by atoms with Crippen molar-refractivity contribution < 1.29 is 29.0 Å². The number of carbonyl (C=O) groups excluding carboxylic acids is 3. The van der Waals surface area contributed by atoms with Crippen molar-refractivity contribution in [2.45, 2.75) is 31.3 Å². The summed E-state index contributed by atoms with van der Waals surface area (Å²) in [5.74, 6) is -2.10. The lowest BCUT2D eigenvalue weighted by atomic mass is 9.98. The highest BCUT2D eigenvalue weighted by Crippen LogP contribution is 2.44. The predicted octanol–water partition coefficient (Wildman–Crippen LogP) is 2.06. The Hall–Kier alpha value is -3.88. The van der Waals surface area contributed by atoms with Gasteiger partial charge in [0.1, 0.15) is 19.2 Å². The number of piperazine rings is 1. The Labute approximate surface area is 197 Å². The average molecular weight is 466 g/mol. The molecule has 2 atom stereocenters. The van der Waals surface area contributed by atoms with Gasteiger partial charge < -0.3 is 25.0 Å². The third-order valence-corrected chi connectivity index (χ3v) is 6.35. The zero-order valence-corrected chi connectivity index (χ0v) is 19.1. The van der Waals surface area contributed by atoms with Crippen LogP contribution in [0.4, 0.5) is 4.79 Å². The SMILES string of the molecule is C[C@H](CC(=O)N1CC(=O)N(C)CC1C(=O)O)NC(=O)OCC1c2ccccc2-c2ccccc21. The standard InChI is InChI=1S/C25H27N3O6/c1-15(11-22(29)28-13-23(30)27(2)12-21(28)24(31)32)26-25(33)34-14-20-18-9-5-3-7-16(18)17-8-4-6-10-19(17)20/h3-10,15,20-21H,11-14H2,1-2H3,(H,26,33)(H,31,32)/t15-,21?/m1/s1. The number of hydrogen-bond acceptors (Lipinski definition) is 5. The van der Waals surface area contributed by atoms with Crippen LogP contribution in [0.25, 0.3) is 11.1 Å². The summed E-state index contributed by atoms with van der Waals surface area (Å²) < 4.78 is 5.50. The van der Waals surface area contributed by atoms with E-state index in [-0.39, 0.29) is 37.9 Å². The summed E-state index contributed by atoms with van der Waals surface area (Å²) in [5, 5.41) is 12.1. The number of fused-ring (bicyclic) bond motifs is 3. The van der Waals surface area contributed by atoms with E-state index in [9.17, 15) is 24.3 Å². The third kappa shape index (κ3) is 4.59. The van der Waals surface area contributed by atoms with Crippen LogP contribution >= 0.6 is 0 Å². The van der Waals surface area contributed by atoms with Gasteiger partial charge >= 0.3 is 12.1 Å². The fourth-order valence-electron chi connectivity index (χ4n) is 4.58. The van der Waals surface area contributed by atoms with E-state index in [1.54, 1.807) is 6.92 Å². The molecule has 0 aromatic heterocycles. The number of ether oxygens (including phenoxy) is 1. The van der Waals surface area contributed by atoms with E-state index < -0.39 is 30.1 Å². The Morgan fingerprint density at radius 2 is 1.68 bits per heavy atom. The van der Waals surface area contributed by atoms with E-state index in [0.717, 1.165) is 27.2 Å². The molecule has 0 radical (unpaired) electrons. The minimum Gasteiger partial charge on any atom is -0.480 e. The van der Waals surface area contributed by atoms with Gasteiger partial charge in [-0.25, -0.2) is 9.59 Å². The summed E-state index contributed by atoms with van der Waals surface area (Å²) in [7, 11) is 1.50. The second-order valence-electron chi connectivity index (χ2n) is 8.72. The zero-order chi connectivity index (χ0) is 24.4. The maximum absolute atomic E-state index is 12.7. The molecule has 1 unspecified atom stereocenters. The van der Waals surface area contributed by atoms with Crippen molar-refractivity contribution in [2.75, 3.05) is 26.7 Å². The first kappa shape index (κ1) is 23.3. The van der Waals surface area contributed by atoms with E-state index in [4.69, 9.17) is 4.74 Å². The lowest BCUT2D eigenvalue weighted by Gasteiger charge is -2.37. The molecule has 0 spiro atoms. The number of carbonyl (C=O) groups is 4. The first-order valence-corrected chi connectivity index (χ1v) is 11.1. The molecule has 1 aliphatic carbocycles. The fraction of sp³-hybridized carbons (Fsp3) is 0.360. The van der Waals surface area contributed by atoms with E-state index in [2.05, 4.69) is 17.4 Å². The number of likely N-dealkylation sites (N-methyl/N-ethyl adjacent to an activating group) is 1. The van der Waals surface area contributed by atoms with E-state index in [1.807, 2.05) is 36.4 Å². The summed E-state index contributed by atoms with van der Waals surface area (Å²) in [5.41, 5.74) is 4.44. The number of amides is 3. The van der Waals surface area contributed by atoms with Crippen LogP contribution in [-0.4, -0.2) is 77.6 Å². The molecule has 2 N–H and O–H groups in total. The molecule has 2 aromatic rings. The lowest BCUT2D eigenvalue weighted by Crippen LogP contribution is -2.60. The molecular weight excluding hydrogens is 438 g/mol. The Balaban J connectivity index is 1.34. The van der Waals surface area contributed by atoms with Gasteiger partial charge in [0, 0.05) is 25.4 Å². The number of nitrogens with zero attached hydrogens (tertiary/aromatic N) is 2. The summed E-state index contributed by atoms with van der Waals surface area (Å²) >= 11 is 0. The Morgan fingerprint density at radius 3 is 2.26 bits per heavy atom. The first-order chi connectivity index (χ1) is 16.3. The largest absolute Gasteiger partial charge is 0.480 e. The molecule has 1 saturated heterocycles. The molecular formula is C25H27N3O6. The molecule has 1 heterocycles. The predicted molar refractivity (Wildman–Crippen MR) is 123 cm³/mol. The van der Waals surface area contributed by atoms with Gasteiger partial charge in [-0.15, -0.1) is 0 Å². The zero-order valence-electron chi connectivity index (χ0n) is 19.1. The van der Waals surface area contributed by atoms with Gasteiger partial charge in [0.05, 0.1) is 6.54 Å². The van der Waals surface area contributed by atoms with E-state index in [0.29, 0.717) is 0 Å². The van der Waals surface area contributed by atoms with E-state index >= 15 is 0 Å². The topological polar surface area (TPSA) is 116 Å². The van der Waals surface area contributed by atoms with Crippen LogP contribution in [0, 0.1) is 0 Å². The van der Waals surface area contributed by atoms with Crippen LogP contribution in [-0.2, 0) is 19.1 Å². The molecule has 0 bridgehead atoms. The molecule has 2 aromatic carbocycles. The average Bonchev–Trinajstić information content (AvgIpc) is 3.12. The third-order valence-electron chi connectivity index (χ3n) is 6.35. The number of nitrogens with one attached hydrogen (secondary N) is 1. The molecule has 0 saturated carbocycles. The summed E-state index contributed by atoms with van der Waals surface area (Å²) in [6, 6.07) is 14.3. The molecule has 9 heteroatoms. The van der Waals surface area contributed by atoms with Gasteiger partial charge in [0.15, 0.2) is 0 Å². The number of hydrogen-bond donors (Lipinski definition) is 2. The quantitative estimate of drug-likeness (QED) is 0.675. The summed E-state index contributed by atoms with van der Waals surface area (Å²) in [6.07, 6.45) is -0.809. The van der Waals surface area contributed by atoms with Crippen LogP contribution in [0.1, 0.15) is 30.4 Å². The van der Waals surface area contributed by atoms with Crippen LogP contribution in [0.15, 0.2) is 48.5 Å². The first-order valence-electron chi connectivity index (χ1n) is 11.1. The second-order valence-corrected chi connectivity index (χ2v) is 8.72. The molecule has 2 aliphatic rings. The highest BCUT2D eigenvalue weighted by Gasteiger charge is 2.38. The van der Waals surface area contributed by atoms with Crippen molar-refractivity contribution in [1.82, 2.24) is 15.1 Å². The van der Waals surface area contributed by atoms with Crippen molar-refractivity contribution in [1.29, 1.82) is 0 Å². The minimum absolute atomic E-state index is 0.0753. The Kier molecular flexibility index (Phi) is 6.54. The molecule has 178 valence electrons. The maximum Gasteiger partial charge on any atom is 0.407 e. The monoisotopic (exact) mass is 465 g/mol. The van der Waals surface area contributed by atoms with Crippen LogP contribution in [0.2, 0.25) is 0 Å². The number of alkyl carbamates (subject to hydrolysis) is 1. The Morgan fingerprint density at radius 1 is 1.09 bits per heavy atom. The number of carboxylic acids is 1. The molecule has 3 amide bonds. The second kappa shape index (κ2) is 9.54. The minimum atomic E-state index is -1.18. The van der Waals surface area contributed by atoms with Gasteiger partial charge in [0.25, 0.3) is 0 Å². The molecule has 1 fully saturated rings. The molecule has 4 rings (SSSR count). The highest BCUT2D eigenvalue weighted by atomic mass is 16.5. The summed E-state index contributed by atoms with van der Waals surface area (Å²) in [6.45, 7) is 1.40. The van der Waals surface area contributed by atoms with Crippen LogP contribution in [0.5, 0.6) is 0 Å². The van der Waals surface area contributed by atoms with Gasteiger partial charge in [-0.2, -0.15) is 0 Å².